The summed E-state index contributed by atoms with van der Waals surface area (Å²) in [5.41, 5.74) is 2.49. The minimum atomic E-state index is -0.410. The van der Waals surface area contributed by atoms with Crippen molar-refractivity contribution in [3.63, 3.8) is 0 Å². The molecule has 0 bridgehead atoms. The second-order valence-electron chi connectivity index (χ2n) is 6.81. The van der Waals surface area contributed by atoms with Crippen molar-refractivity contribution in [3.05, 3.63) is 59.7 Å². The molecule has 0 unspecified atom stereocenters. The molecule has 2 aromatic carbocycles. The summed E-state index contributed by atoms with van der Waals surface area (Å²) in [5, 5.41) is 15.1. The third-order valence-electron chi connectivity index (χ3n) is 4.70. The molecule has 0 spiro atoms. The van der Waals surface area contributed by atoms with Crippen molar-refractivity contribution in [1.29, 1.82) is 0 Å². The summed E-state index contributed by atoms with van der Waals surface area (Å²) in [7, 11) is 1.61. The zero-order valence-corrected chi connectivity index (χ0v) is 15.9. The van der Waals surface area contributed by atoms with Crippen molar-refractivity contribution in [1.82, 2.24) is 10.2 Å². The van der Waals surface area contributed by atoms with Crippen molar-refractivity contribution in [2.75, 3.05) is 25.5 Å². The van der Waals surface area contributed by atoms with Gasteiger partial charge in [0.25, 0.3) is 0 Å². The molecule has 148 valence electrons. The van der Waals surface area contributed by atoms with E-state index in [9.17, 15) is 14.7 Å². The first-order valence-corrected chi connectivity index (χ1v) is 9.26. The fourth-order valence-corrected chi connectivity index (χ4v) is 3.06. The molecule has 0 aromatic heterocycles. The summed E-state index contributed by atoms with van der Waals surface area (Å²) in [6.07, 6.45) is 0.517. The molecule has 1 aliphatic heterocycles. The first kappa shape index (κ1) is 19.7. The highest BCUT2D eigenvalue weighted by Crippen LogP contribution is 2.14. The van der Waals surface area contributed by atoms with Crippen molar-refractivity contribution in [2.45, 2.75) is 25.5 Å². The maximum absolute atomic E-state index is 12.2. The summed E-state index contributed by atoms with van der Waals surface area (Å²) >= 11 is 0. The molecular weight excluding hydrogens is 358 g/mol. The Hall–Kier alpha value is -3.06. The molecule has 1 atom stereocenters. The van der Waals surface area contributed by atoms with Crippen LogP contribution in [0.2, 0.25) is 0 Å². The van der Waals surface area contributed by atoms with E-state index in [1.54, 1.807) is 24.1 Å². The van der Waals surface area contributed by atoms with Gasteiger partial charge in [0.15, 0.2) is 0 Å². The number of β-amino-alcohol motifs (C(OH)–C–C–N with tert-alkyl or cyclic N) is 1. The van der Waals surface area contributed by atoms with E-state index in [4.69, 9.17) is 4.74 Å². The standard InChI is InChI=1S/C21H25N3O4/c1-28-19-8-4-16(5-9-19)13-22-21(27)23-17-6-2-15(3-7-17)12-20(26)24-11-10-18(25)14-24/h2-9,18,25H,10-14H2,1H3,(H2,22,23,27)/t18-/m1/s1. The largest absolute Gasteiger partial charge is 0.497 e. The Morgan fingerprint density at radius 2 is 1.79 bits per heavy atom. The molecule has 0 radical (unpaired) electrons. The predicted octanol–water partition coefficient (Wildman–Crippen LogP) is 2.15. The number of hydrogen-bond acceptors (Lipinski definition) is 4. The van der Waals surface area contributed by atoms with E-state index < -0.39 is 6.10 Å². The van der Waals surface area contributed by atoms with Crippen molar-refractivity contribution in [2.24, 2.45) is 0 Å². The van der Waals surface area contributed by atoms with Crippen LogP contribution in [-0.2, 0) is 17.8 Å². The molecule has 7 heteroatoms. The molecule has 2 aromatic rings. The number of anilines is 1. The number of aliphatic hydroxyl groups is 1. The number of amides is 3. The Kier molecular flexibility index (Phi) is 6.49. The highest BCUT2D eigenvalue weighted by atomic mass is 16.5. The van der Waals surface area contributed by atoms with Crippen LogP contribution in [0.1, 0.15) is 17.5 Å². The monoisotopic (exact) mass is 383 g/mol. The topological polar surface area (TPSA) is 90.9 Å². The summed E-state index contributed by atoms with van der Waals surface area (Å²) < 4.78 is 5.11. The minimum absolute atomic E-state index is 0.00879. The lowest BCUT2D eigenvalue weighted by Gasteiger charge is -2.15. The summed E-state index contributed by atoms with van der Waals surface area (Å²) in [6.45, 7) is 1.42. The van der Waals surface area contributed by atoms with E-state index in [1.807, 2.05) is 36.4 Å². The smallest absolute Gasteiger partial charge is 0.319 e. The van der Waals surface area contributed by atoms with Crippen LogP contribution in [0.3, 0.4) is 0 Å². The number of rotatable bonds is 6. The molecule has 1 saturated heterocycles. The zero-order valence-electron chi connectivity index (χ0n) is 15.9. The second-order valence-corrected chi connectivity index (χ2v) is 6.81. The maximum Gasteiger partial charge on any atom is 0.319 e. The molecule has 28 heavy (non-hydrogen) atoms. The molecule has 3 N–H and O–H groups in total. The lowest BCUT2D eigenvalue weighted by Crippen LogP contribution is -2.30. The van der Waals surface area contributed by atoms with Gasteiger partial charge in [-0.05, 0) is 41.8 Å². The number of hydrogen-bond donors (Lipinski definition) is 3. The van der Waals surface area contributed by atoms with Gasteiger partial charge in [0.05, 0.1) is 19.6 Å². The number of nitrogens with one attached hydrogen (secondary N) is 2. The Balaban J connectivity index is 1.45. The van der Waals surface area contributed by atoms with E-state index in [-0.39, 0.29) is 18.4 Å². The van der Waals surface area contributed by atoms with Gasteiger partial charge in [-0.15, -0.1) is 0 Å². The number of ether oxygens (including phenoxy) is 1. The Morgan fingerprint density at radius 1 is 1.11 bits per heavy atom. The fraction of sp³-hybridized carbons (Fsp3) is 0.333. The first-order chi connectivity index (χ1) is 13.5. The quantitative estimate of drug-likeness (QED) is 0.713. The number of carbonyl (C=O) groups excluding carboxylic acids is 2. The molecule has 1 aliphatic rings. The molecule has 7 nitrogen and oxygen atoms in total. The van der Waals surface area contributed by atoms with Gasteiger partial charge >= 0.3 is 6.03 Å². The molecule has 3 amide bonds. The number of aliphatic hydroxyl groups excluding tert-OH is 1. The molecule has 0 saturated carbocycles. The number of urea groups is 1. The number of methoxy groups -OCH3 is 1. The van der Waals surface area contributed by atoms with Crippen LogP contribution in [0.15, 0.2) is 48.5 Å². The van der Waals surface area contributed by atoms with Crippen LogP contribution in [0, 0.1) is 0 Å². The fourth-order valence-electron chi connectivity index (χ4n) is 3.06. The Morgan fingerprint density at radius 3 is 2.39 bits per heavy atom. The summed E-state index contributed by atoms with van der Waals surface area (Å²) in [4.78, 5) is 25.9. The van der Waals surface area contributed by atoms with E-state index in [1.165, 1.54) is 0 Å². The van der Waals surface area contributed by atoms with Gasteiger partial charge in [-0.2, -0.15) is 0 Å². The average molecular weight is 383 g/mol. The van der Waals surface area contributed by atoms with E-state index in [0.29, 0.717) is 31.7 Å². The first-order valence-electron chi connectivity index (χ1n) is 9.26. The van der Waals surface area contributed by atoms with Gasteiger partial charge < -0.3 is 25.4 Å². The van der Waals surface area contributed by atoms with E-state index in [0.717, 1.165) is 16.9 Å². The number of benzene rings is 2. The summed E-state index contributed by atoms with van der Waals surface area (Å²) in [6, 6.07) is 14.4. The van der Waals surface area contributed by atoms with Crippen molar-refractivity contribution in [3.8, 4) is 5.75 Å². The molecule has 3 rings (SSSR count). The van der Waals surface area contributed by atoms with Gasteiger partial charge in [0.1, 0.15) is 5.75 Å². The maximum atomic E-state index is 12.2. The third-order valence-corrected chi connectivity index (χ3v) is 4.70. The van der Waals surface area contributed by atoms with Gasteiger partial charge in [-0.3, -0.25) is 4.79 Å². The van der Waals surface area contributed by atoms with Crippen LogP contribution >= 0.6 is 0 Å². The molecule has 1 heterocycles. The molecule has 0 aliphatic carbocycles. The number of likely N-dealkylation sites (tertiary alicyclic amines) is 1. The van der Waals surface area contributed by atoms with E-state index >= 15 is 0 Å². The van der Waals surface area contributed by atoms with E-state index in [2.05, 4.69) is 10.6 Å². The van der Waals surface area contributed by atoms with Crippen LogP contribution in [0.5, 0.6) is 5.75 Å². The van der Waals surface area contributed by atoms with Crippen LogP contribution < -0.4 is 15.4 Å². The van der Waals surface area contributed by atoms with Gasteiger partial charge in [-0.25, -0.2) is 4.79 Å². The summed E-state index contributed by atoms with van der Waals surface area (Å²) in [5.74, 6) is 0.780. The van der Waals surface area contributed by atoms with Gasteiger partial charge in [-0.1, -0.05) is 24.3 Å². The Bertz CT molecular complexity index is 805. The van der Waals surface area contributed by atoms with Crippen LogP contribution in [0.4, 0.5) is 10.5 Å². The minimum Gasteiger partial charge on any atom is -0.497 e. The zero-order chi connectivity index (χ0) is 19.9. The van der Waals surface area contributed by atoms with Crippen LogP contribution in [0.25, 0.3) is 0 Å². The Labute approximate surface area is 164 Å². The second kappa shape index (κ2) is 9.23. The van der Waals surface area contributed by atoms with Gasteiger partial charge in [0.2, 0.25) is 5.91 Å². The average Bonchev–Trinajstić information content (AvgIpc) is 3.15. The van der Waals surface area contributed by atoms with Crippen molar-refractivity contribution < 1.29 is 19.4 Å². The third kappa shape index (κ3) is 5.47. The normalized spacial score (nSPS) is 15.9. The van der Waals surface area contributed by atoms with Crippen LogP contribution in [-0.4, -0.2) is 48.2 Å². The highest BCUT2D eigenvalue weighted by molar-refractivity contribution is 5.89. The lowest BCUT2D eigenvalue weighted by molar-refractivity contribution is -0.129. The predicted molar refractivity (Wildman–Crippen MR) is 106 cm³/mol. The number of nitrogens with zero attached hydrogens (tertiary/aromatic N) is 1. The lowest BCUT2D eigenvalue weighted by atomic mass is 10.1. The highest BCUT2D eigenvalue weighted by Gasteiger charge is 2.24. The van der Waals surface area contributed by atoms with Gasteiger partial charge in [0, 0.05) is 25.3 Å². The SMILES string of the molecule is COc1ccc(CNC(=O)Nc2ccc(CC(=O)N3CC[C@@H](O)C3)cc2)cc1. The molecular formula is C21H25N3O4. The molecule has 1 fully saturated rings. The van der Waals surface area contributed by atoms with Crippen molar-refractivity contribution >= 4 is 17.6 Å². The number of carbonyl (C=O) groups is 2.